The molecule has 0 aromatic carbocycles. The molecule has 0 radical (unpaired) electrons. The van der Waals surface area contributed by atoms with Gasteiger partial charge in [0.25, 0.3) is 0 Å². The highest BCUT2D eigenvalue weighted by Crippen LogP contribution is 2.27. The SMILES string of the molecule is CCCCN(C(=O)[C@@H](N)CC)C1CC1. The minimum atomic E-state index is -0.285. The van der Waals surface area contributed by atoms with Crippen molar-refractivity contribution in [1.29, 1.82) is 0 Å². The maximum atomic E-state index is 11.9. The molecule has 0 unspecified atom stereocenters. The molecular formula is C11H22N2O. The van der Waals surface area contributed by atoms with Crippen LogP contribution in [0.2, 0.25) is 0 Å². The first-order valence-corrected chi connectivity index (χ1v) is 5.76. The number of nitrogens with zero attached hydrogens (tertiary/aromatic N) is 1. The Balaban J connectivity index is 2.44. The second-order valence-electron chi connectivity index (χ2n) is 4.13. The van der Waals surface area contributed by atoms with E-state index in [9.17, 15) is 4.79 Å². The van der Waals surface area contributed by atoms with Gasteiger partial charge in [-0.1, -0.05) is 20.3 Å². The summed E-state index contributed by atoms with van der Waals surface area (Å²) in [6.07, 6.45) is 5.32. The van der Waals surface area contributed by atoms with Gasteiger partial charge < -0.3 is 10.6 Å². The molecule has 3 nitrogen and oxygen atoms in total. The van der Waals surface area contributed by atoms with E-state index in [2.05, 4.69) is 6.92 Å². The molecule has 1 fully saturated rings. The molecular weight excluding hydrogens is 176 g/mol. The summed E-state index contributed by atoms with van der Waals surface area (Å²) < 4.78 is 0. The number of carbonyl (C=O) groups is 1. The van der Waals surface area contributed by atoms with E-state index in [4.69, 9.17) is 5.73 Å². The van der Waals surface area contributed by atoms with E-state index in [1.54, 1.807) is 0 Å². The summed E-state index contributed by atoms with van der Waals surface area (Å²) in [5, 5.41) is 0. The zero-order valence-electron chi connectivity index (χ0n) is 9.33. The van der Waals surface area contributed by atoms with Crippen molar-refractivity contribution < 1.29 is 4.79 Å². The van der Waals surface area contributed by atoms with Crippen LogP contribution < -0.4 is 5.73 Å². The molecule has 0 saturated heterocycles. The normalized spacial score (nSPS) is 17.9. The molecule has 82 valence electrons. The highest BCUT2D eigenvalue weighted by Gasteiger charge is 2.33. The summed E-state index contributed by atoms with van der Waals surface area (Å²) in [5.74, 6) is 0.156. The third-order valence-electron chi connectivity index (χ3n) is 2.78. The van der Waals surface area contributed by atoms with E-state index in [1.807, 2.05) is 11.8 Å². The average Bonchev–Trinajstić information content (AvgIpc) is 3.01. The van der Waals surface area contributed by atoms with Gasteiger partial charge in [-0.3, -0.25) is 4.79 Å². The Hall–Kier alpha value is -0.570. The molecule has 1 saturated carbocycles. The van der Waals surface area contributed by atoms with Crippen LogP contribution >= 0.6 is 0 Å². The monoisotopic (exact) mass is 198 g/mol. The number of unbranched alkanes of at least 4 members (excludes halogenated alkanes) is 1. The predicted octanol–water partition coefficient (Wildman–Crippen LogP) is 1.51. The van der Waals surface area contributed by atoms with E-state index in [0.717, 1.165) is 25.8 Å². The van der Waals surface area contributed by atoms with Crippen LogP contribution in [0.5, 0.6) is 0 Å². The summed E-state index contributed by atoms with van der Waals surface area (Å²) in [6, 6.07) is 0.221. The first-order valence-electron chi connectivity index (χ1n) is 5.76. The van der Waals surface area contributed by atoms with Crippen molar-refractivity contribution in [3.05, 3.63) is 0 Å². The van der Waals surface area contributed by atoms with Gasteiger partial charge in [0.05, 0.1) is 6.04 Å². The third-order valence-corrected chi connectivity index (χ3v) is 2.78. The average molecular weight is 198 g/mol. The Morgan fingerprint density at radius 3 is 2.57 bits per heavy atom. The summed E-state index contributed by atoms with van der Waals surface area (Å²) in [4.78, 5) is 13.9. The molecule has 1 aliphatic carbocycles. The molecule has 0 bridgehead atoms. The van der Waals surface area contributed by atoms with Gasteiger partial charge in [-0.15, -0.1) is 0 Å². The highest BCUT2D eigenvalue weighted by atomic mass is 16.2. The van der Waals surface area contributed by atoms with Gasteiger partial charge in [0.1, 0.15) is 0 Å². The minimum absolute atomic E-state index is 0.156. The summed E-state index contributed by atoms with van der Waals surface area (Å²) in [5.41, 5.74) is 5.76. The van der Waals surface area contributed by atoms with E-state index in [1.165, 1.54) is 12.8 Å². The molecule has 14 heavy (non-hydrogen) atoms. The van der Waals surface area contributed by atoms with Crippen LogP contribution in [0.25, 0.3) is 0 Å². The molecule has 1 atom stereocenters. The first kappa shape index (κ1) is 11.5. The molecule has 0 heterocycles. The maximum Gasteiger partial charge on any atom is 0.239 e. The van der Waals surface area contributed by atoms with Crippen LogP contribution in [-0.2, 0) is 4.79 Å². The molecule has 0 spiro atoms. The Kier molecular flexibility index (Phi) is 4.39. The van der Waals surface area contributed by atoms with Crippen LogP contribution in [0.4, 0.5) is 0 Å². The maximum absolute atomic E-state index is 11.9. The fourth-order valence-corrected chi connectivity index (χ4v) is 1.57. The molecule has 0 aromatic heterocycles. The van der Waals surface area contributed by atoms with Gasteiger partial charge >= 0.3 is 0 Å². The van der Waals surface area contributed by atoms with E-state index < -0.39 is 0 Å². The zero-order valence-corrected chi connectivity index (χ0v) is 9.33. The van der Waals surface area contributed by atoms with Crippen molar-refractivity contribution in [3.8, 4) is 0 Å². The number of rotatable bonds is 6. The van der Waals surface area contributed by atoms with Crippen molar-refractivity contribution in [2.75, 3.05) is 6.54 Å². The van der Waals surface area contributed by atoms with Crippen LogP contribution in [-0.4, -0.2) is 29.4 Å². The van der Waals surface area contributed by atoms with Crippen LogP contribution in [0.3, 0.4) is 0 Å². The van der Waals surface area contributed by atoms with Crippen molar-refractivity contribution in [2.24, 2.45) is 5.73 Å². The fourth-order valence-electron chi connectivity index (χ4n) is 1.57. The van der Waals surface area contributed by atoms with Crippen molar-refractivity contribution >= 4 is 5.91 Å². The number of nitrogens with two attached hydrogens (primary N) is 1. The Bertz CT molecular complexity index is 190. The summed E-state index contributed by atoms with van der Waals surface area (Å²) in [6.45, 7) is 5.01. The van der Waals surface area contributed by atoms with Crippen LogP contribution in [0, 0.1) is 0 Å². The van der Waals surface area contributed by atoms with E-state index >= 15 is 0 Å². The quantitative estimate of drug-likeness (QED) is 0.703. The number of carbonyl (C=O) groups excluding carboxylic acids is 1. The molecule has 1 amide bonds. The van der Waals surface area contributed by atoms with Crippen molar-refractivity contribution in [3.63, 3.8) is 0 Å². The smallest absolute Gasteiger partial charge is 0.239 e. The minimum Gasteiger partial charge on any atom is -0.338 e. The van der Waals surface area contributed by atoms with Crippen LogP contribution in [0.15, 0.2) is 0 Å². The third kappa shape index (κ3) is 2.98. The van der Waals surface area contributed by atoms with Gasteiger partial charge in [-0.05, 0) is 25.7 Å². The second kappa shape index (κ2) is 5.35. The Morgan fingerprint density at radius 2 is 2.14 bits per heavy atom. The lowest BCUT2D eigenvalue weighted by Gasteiger charge is -2.25. The number of amides is 1. The number of hydrogen-bond acceptors (Lipinski definition) is 2. The molecule has 1 aliphatic rings. The highest BCUT2D eigenvalue weighted by molar-refractivity contribution is 5.82. The van der Waals surface area contributed by atoms with Crippen molar-refractivity contribution in [1.82, 2.24) is 4.90 Å². The predicted molar refractivity (Wildman–Crippen MR) is 57.9 cm³/mol. The standard InChI is InChI=1S/C11H22N2O/c1-3-5-8-13(9-6-7-9)11(14)10(12)4-2/h9-10H,3-8,12H2,1-2H3/t10-/m0/s1. The van der Waals surface area contributed by atoms with E-state index in [-0.39, 0.29) is 11.9 Å². The number of hydrogen-bond donors (Lipinski definition) is 1. The largest absolute Gasteiger partial charge is 0.338 e. The topological polar surface area (TPSA) is 46.3 Å². The van der Waals surface area contributed by atoms with Gasteiger partial charge in [-0.2, -0.15) is 0 Å². The van der Waals surface area contributed by atoms with Crippen LogP contribution in [0.1, 0.15) is 46.0 Å². The molecule has 1 rings (SSSR count). The second-order valence-corrected chi connectivity index (χ2v) is 4.13. The lowest BCUT2D eigenvalue weighted by Crippen LogP contribution is -2.45. The van der Waals surface area contributed by atoms with Crippen molar-refractivity contribution in [2.45, 2.75) is 58.0 Å². The fraction of sp³-hybridized carbons (Fsp3) is 0.909. The van der Waals surface area contributed by atoms with E-state index in [0.29, 0.717) is 6.04 Å². The summed E-state index contributed by atoms with van der Waals surface area (Å²) in [7, 11) is 0. The molecule has 2 N–H and O–H groups in total. The molecule has 0 aliphatic heterocycles. The first-order chi connectivity index (χ1) is 6.70. The summed E-state index contributed by atoms with van der Waals surface area (Å²) >= 11 is 0. The van der Waals surface area contributed by atoms with Gasteiger partial charge in [-0.25, -0.2) is 0 Å². The lowest BCUT2D eigenvalue weighted by atomic mass is 10.2. The van der Waals surface area contributed by atoms with Gasteiger partial charge in [0, 0.05) is 12.6 Å². The lowest BCUT2D eigenvalue weighted by molar-refractivity contribution is -0.133. The Morgan fingerprint density at radius 1 is 1.50 bits per heavy atom. The van der Waals surface area contributed by atoms with Gasteiger partial charge in [0.2, 0.25) is 5.91 Å². The molecule has 0 aromatic rings. The Labute approximate surface area is 86.6 Å². The molecule has 3 heteroatoms. The zero-order chi connectivity index (χ0) is 10.6. The van der Waals surface area contributed by atoms with Gasteiger partial charge in [0.15, 0.2) is 0 Å².